The molecule has 0 aliphatic heterocycles. The number of halogens is 1. The van der Waals surface area contributed by atoms with Crippen LogP contribution in [0.4, 0.5) is 0 Å². The summed E-state index contributed by atoms with van der Waals surface area (Å²) in [5.41, 5.74) is 4.54. The molecule has 1 N–H and O–H groups in total. The van der Waals surface area contributed by atoms with E-state index in [4.69, 9.17) is 16.6 Å². The van der Waals surface area contributed by atoms with Gasteiger partial charge in [-0.25, -0.2) is 0 Å². The number of hydrogen-bond donors (Lipinski definition) is 1. The first-order valence-corrected chi connectivity index (χ1v) is 6.71. The van der Waals surface area contributed by atoms with Gasteiger partial charge in [-0.05, 0) is 63.5 Å². The minimum Gasteiger partial charge on any atom is -0.320 e. The van der Waals surface area contributed by atoms with E-state index in [-0.39, 0.29) is 0 Å². The van der Waals surface area contributed by atoms with E-state index >= 15 is 0 Å². The van der Waals surface area contributed by atoms with E-state index in [1.807, 2.05) is 20.0 Å². The summed E-state index contributed by atoms with van der Waals surface area (Å²) < 4.78 is 0. The monoisotopic (exact) mass is 262 g/mol. The molecule has 0 spiro atoms. The lowest BCUT2D eigenvalue weighted by Gasteiger charge is -2.10. The maximum Gasteiger partial charge on any atom is 0.0749 e. The van der Waals surface area contributed by atoms with Crippen LogP contribution in [0.5, 0.6) is 0 Å². The Labute approximate surface area is 113 Å². The molecule has 0 saturated carbocycles. The molecule has 2 nitrogen and oxygen atoms in total. The summed E-state index contributed by atoms with van der Waals surface area (Å²) in [6.07, 6.45) is 2.20. The molecule has 0 aliphatic carbocycles. The summed E-state index contributed by atoms with van der Waals surface area (Å²) >= 11 is 6.13. The van der Waals surface area contributed by atoms with Gasteiger partial charge in [0.15, 0.2) is 0 Å². The summed E-state index contributed by atoms with van der Waals surface area (Å²) in [5.74, 6) is 0. The third kappa shape index (κ3) is 2.65. The highest BCUT2D eigenvalue weighted by molar-refractivity contribution is 6.32. The molecule has 0 atom stereocenters. The smallest absolute Gasteiger partial charge is 0.0749 e. The number of aromatic nitrogens is 1. The molecule has 0 fully saturated rings. The van der Waals surface area contributed by atoms with E-state index in [1.54, 1.807) is 0 Å². The van der Waals surface area contributed by atoms with Crippen molar-refractivity contribution in [1.82, 2.24) is 10.3 Å². The van der Waals surface area contributed by atoms with Crippen LogP contribution in [0.25, 0.3) is 10.9 Å². The van der Waals surface area contributed by atoms with E-state index in [9.17, 15) is 0 Å². The molecule has 0 radical (unpaired) electrons. The van der Waals surface area contributed by atoms with Crippen molar-refractivity contribution in [2.75, 3.05) is 13.6 Å². The molecule has 2 rings (SSSR count). The van der Waals surface area contributed by atoms with Crippen molar-refractivity contribution in [1.29, 1.82) is 0 Å². The summed E-state index contributed by atoms with van der Waals surface area (Å²) in [5, 5.41) is 5.14. The zero-order valence-electron chi connectivity index (χ0n) is 11.2. The summed E-state index contributed by atoms with van der Waals surface area (Å²) in [4.78, 5) is 4.71. The van der Waals surface area contributed by atoms with Gasteiger partial charge in [-0.15, -0.1) is 0 Å². The van der Waals surface area contributed by atoms with Crippen molar-refractivity contribution < 1.29 is 0 Å². The van der Waals surface area contributed by atoms with Crippen molar-refractivity contribution in [2.45, 2.75) is 26.7 Å². The summed E-state index contributed by atoms with van der Waals surface area (Å²) in [7, 11) is 1.98. The van der Waals surface area contributed by atoms with Crippen molar-refractivity contribution in [3.8, 4) is 0 Å². The number of rotatable bonds is 4. The molecule has 3 heteroatoms. The predicted octanol–water partition coefficient (Wildman–Crippen LogP) is 3.66. The first kappa shape index (κ1) is 13.3. The van der Waals surface area contributed by atoms with Crippen LogP contribution < -0.4 is 5.32 Å². The van der Waals surface area contributed by atoms with E-state index in [0.717, 1.165) is 41.2 Å². The van der Waals surface area contributed by atoms with Crippen LogP contribution in [0.1, 0.15) is 23.2 Å². The molecule has 1 heterocycles. The lowest BCUT2D eigenvalue weighted by molar-refractivity contribution is 0.721. The van der Waals surface area contributed by atoms with Gasteiger partial charge in [-0.2, -0.15) is 0 Å². The third-order valence-corrected chi connectivity index (χ3v) is 3.75. The van der Waals surface area contributed by atoms with Crippen LogP contribution in [0.2, 0.25) is 5.02 Å². The van der Waals surface area contributed by atoms with Gasteiger partial charge in [0.2, 0.25) is 0 Å². The molecule has 2 aromatic rings. The minimum atomic E-state index is 0.789. The fourth-order valence-corrected chi connectivity index (χ4v) is 2.35. The Bertz CT molecular complexity index is 564. The standard InChI is InChI=1S/C15H19ClN2/c1-10-14(16)7-6-13-9-12(5-4-8-17-3)11(2)18-15(10)13/h6-7,9,17H,4-5,8H2,1-3H3. The summed E-state index contributed by atoms with van der Waals surface area (Å²) in [6, 6.07) is 6.25. The van der Waals surface area contributed by atoms with Crippen LogP contribution in [-0.2, 0) is 6.42 Å². The Hall–Kier alpha value is -1.12. The van der Waals surface area contributed by atoms with Gasteiger partial charge in [0.25, 0.3) is 0 Å². The quantitative estimate of drug-likeness (QED) is 0.851. The molecule has 0 aliphatic rings. The van der Waals surface area contributed by atoms with Crippen molar-refractivity contribution in [2.24, 2.45) is 0 Å². The molecular formula is C15H19ClN2. The minimum absolute atomic E-state index is 0.789. The van der Waals surface area contributed by atoms with E-state index in [0.29, 0.717) is 0 Å². The predicted molar refractivity (Wildman–Crippen MR) is 78.5 cm³/mol. The maximum absolute atomic E-state index is 6.13. The average Bonchev–Trinajstić information content (AvgIpc) is 2.36. The van der Waals surface area contributed by atoms with Crippen LogP contribution in [0, 0.1) is 13.8 Å². The molecule has 18 heavy (non-hydrogen) atoms. The van der Waals surface area contributed by atoms with Gasteiger partial charge < -0.3 is 5.32 Å². The van der Waals surface area contributed by atoms with E-state index < -0.39 is 0 Å². The highest BCUT2D eigenvalue weighted by Gasteiger charge is 2.07. The number of nitrogens with one attached hydrogen (secondary N) is 1. The molecule has 0 bridgehead atoms. The van der Waals surface area contributed by atoms with Crippen molar-refractivity contribution in [3.63, 3.8) is 0 Å². The average molecular weight is 263 g/mol. The van der Waals surface area contributed by atoms with Crippen LogP contribution in [-0.4, -0.2) is 18.6 Å². The molecule has 0 saturated heterocycles. The second-order valence-corrected chi connectivity index (χ2v) is 5.09. The van der Waals surface area contributed by atoms with Gasteiger partial charge in [-0.3, -0.25) is 4.98 Å². The SMILES string of the molecule is CNCCCc1cc2ccc(Cl)c(C)c2nc1C. The number of nitrogens with zero attached hydrogens (tertiary/aromatic N) is 1. The molecule has 0 unspecified atom stereocenters. The molecule has 0 amide bonds. The topological polar surface area (TPSA) is 24.9 Å². The van der Waals surface area contributed by atoms with Crippen molar-refractivity contribution in [3.05, 3.63) is 40.0 Å². The fraction of sp³-hybridized carbons (Fsp3) is 0.400. The normalized spacial score (nSPS) is 11.1. The first-order chi connectivity index (χ1) is 8.63. The van der Waals surface area contributed by atoms with Crippen LogP contribution in [0.3, 0.4) is 0 Å². The van der Waals surface area contributed by atoms with Gasteiger partial charge in [-0.1, -0.05) is 17.7 Å². The maximum atomic E-state index is 6.13. The Morgan fingerprint density at radius 1 is 1.28 bits per heavy atom. The van der Waals surface area contributed by atoms with Gasteiger partial charge in [0.1, 0.15) is 0 Å². The number of aryl methyl sites for hydroxylation is 3. The number of benzene rings is 1. The Kier molecular flexibility index (Phi) is 4.20. The largest absolute Gasteiger partial charge is 0.320 e. The van der Waals surface area contributed by atoms with Gasteiger partial charge in [0.05, 0.1) is 5.52 Å². The molecule has 1 aromatic carbocycles. The van der Waals surface area contributed by atoms with Crippen molar-refractivity contribution >= 4 is 22.5 Å². The highest BCUT2D eigenvalue weighted by Crippen LogP contribution is 2.25. The zero-order valence-corrected chi connectivity index (χ0v) is 11.9. The molecule has 1 aromatic heterocycles. The van der Waals surface area contributed by atoms with E-state index in [1.165, 1.54) is 10.9 Å². The second-order valence-electron chi connectivity index (χ2n) is 4.68. The number of fused-ring (bicyclic) bond motifs is 1. The van der Waals surface area contributed by atoms with Crippen LogP contribution in [0.15, 0.2) is 18.2 Å². The number of pyridine rings is 1. The third-order valence-electron chi connectivity index (χ3n) is 3.34. The second kappa shape index (κ2) is 5.68. The lowest BCUT2D eigenvalue weighted by atomic mass is 10.0. The van der Waals surface area contributed by atoms with Crippen LogP contribution >= 0.6 is 11.6 Å². The molecular weight excluding hydrogens is 244 g/mol. The lowest BCUT2D eigenvalue weighted by Crippen LogP contribution is -2.09. The zero-order chi connectivity index (χ0) is 13.1. The Balaban J connectivity index is 2.40. The number of hydrogen-bond acceptors (Lipinski definition) is 2. The Morgan fingerprint density at radius 3 is 2.78 bits per heavy atom. The molecule has 96 valence electrons. The Morgan fingerprint density at radius 2 is 2.06 bits per heavy atom. The fourth-order valence-electron chi connectivity index (χ4n) is 2.20. The van der Waals surface area contributed by atoms with E-state index in [2.05, 4.69) is 24.4 Å². The van der Waals surface area contributed by atoms with Gasteiger partial charge >= 0.3 is 0 Å². The summed E-state index contributed by atoms with van der Waals surface area (Å²) in [6.45, 7) is 5.14. The highest BCUT2D eigenvalue weighted by atomic mass is 35.5. The first-order valence-electron chi connectivity index (χ1n) is 6.33. The van der Waals surface area contributed by atoms with Gasteiger partial charge in [0, 0.05) is 16.1 Å².